The minimum absolute atomic E-state index is 0.263. The maximum absolute atomic E-state index is 13.7. The largest absolute Gasteiger partial charge is 0.480 e. The molecule has 1 saturated carbocycles. The number of carbonyl (C=O) groups is 5. The molecule has 1 aliphatic carbocycles. The molecule has 42 heavy (non-hydrogen) atoms. The lowest BCUT2D eigenvalue weighted by Gasteiger charge is -2.32. The molecule has 0 bridgehead atoms. The number of carbonyl (C=O) groups excluding carboxylic acids is 4. The zero-order valence-corrected chi connectivity index (χ0v) is 24.5. The second kappa shape index (κ2) is 17.6. The van der Waals surface area contributed by atoms with Crippen molar-refractivity contribution in [3.8, 4) is 0 Å². The van der Waals surface area contributed by atoms with Crippen LogP contribution in [0.1, 0.15) is 76.2 Å². The fraction of sp³-hybridized carbons (Fsp3) is 0.645. The Hall–Kier alpha value is -3.31. The Bertz CT molecular complexity index is 1050. The number of rotatable bonds is 17. The molecular formula is C31H47N5O6. The molecule has 1 aromatic carbocycles. The van der Waals surface area contributed by atoms with E-state index >= 15 is 0 Å². The lowest BCUT2D eigenvalue weighted by Crippen LogP contribution is -2.56. The van der Waals surface area contributed by atoms with Crippen molar-refractivity contribution in [3.63, 3.8) is 0 Å². The molecule has 3 amide bonds. The summed E-state index contributed by atoms with van der Waals surface area (Å²) in [4.78, 5) is 65.8. The van der Waals surface area contributed by atoms with Crippen LogP contribution in [0.15, 0.2) is 30.3 Å². The van der Waals surface area contributed by atoms with Gasteiger partial charge in [0.05, 0.1) is 18.6 Å². The van der Waals surface area contributed by atoms with E-state index in [0.29, 0.717) is 57.5 Å². The third kappa shape index (κ3) is 10.5. The number of carboxylic acids is 1. The average Bonchev–Trinajstić information content (AvgIpc) is 3.49. The second-order valence-corrected chi connectivity index (χ2v) is 11.5. The summed E-state index contributed by atoms with van der Waals surface area (Å²) in [6, 6.07) is 7.08. The molecule has 1 aromatic rings. The van der Waals surface area contributed by atoms with Crippen LogP contribution in [0.5, 0.6) is 0 Å². The van der Waals surface area contributed by atoms with Crippen LogP contribution >= 0.6 is 0 Å². The number of hydrogen-bond donors (Lipinski definition) is 5. The molecule has 1 heterocycles. The number of benzene rings is 1. The molecule has 0 radical (unpaired) electrons. The Balaban J connectivity index is 1.64. The van der Waals surface area contributed by atoms with Gasteiger partial charge in [-0.15, -0.1) is 0 Å². The van der Waals surface area contributed by atoms with E-state index in [0.717, 1.165) is 31.2 Å². The molecule has 1 aliphatic heterocycles. The zero-order chi connectivity index (χ0) is 30.3. The standard InChI is InChI=1S/C31H47N5O6/c32-17-8-7-14-24(28(39)30(41)33-18-16-22-10-3-1-4-11-22)35-29(40)26-15-9-19-36(26)31(42)25(34-21-27(37)38)20-23-12-5-2-6-13-23/h1,3-4,10-11,23-26,34H,2,5-9,12-21,32H2,(H,33,41)(H,35,40)(H,37,38)/t24-,25+,26-/m0/s1. The van der Waals surface area contributed by atoms with Crippen LogP contribution in [-0.4, -0.2) is 83.8 Å². The number of aliphatic carboxylic acids is 1. The van der Waals surface area contributed by atoms with E-state index in [4.69, 9.17) is 5.73 Å². The maximum Gasteiger partial charge on any atom is 0.317 e. The molecule has 0 unspecified atom stereocenters. The van der Waals surface area contributed by atoms with Crippen LogP contribution < -0.4 is 21.7 Å². The fourth-order valence-corrected chi connectivity index (χ4v) is 5.98. The fourth-order valence-electron chi connectivity index (χ4n) is 5.98. The number of unbranched alkanes of at least 4 members (excludes halogenated alkanes) is 1. The highest BCUT2D eigenvalue weighted by Gasteiger charge is 2.39. The Morgan fingerprint density at radius 3 is 2.38 bits per heavy atom. The van der Waals surface area contributed by atoms with Crippen molar-refractivity contribution in [2.75, 3.05) is 26.2 Å². The van der Waals surface area contributed by atoms with Gasteiger partial charge >= 0.3 is 5.97 Å². The molecule has 2 aliphatic rings. The minimum atomic E-state index is -1.05. The van der Waals surface area contributed by atoms with E-state index in [1.165, 1.54) is 11.3 Å². The molecule has 232 valence electrons. The Kier molecular flexibility index (Phi) is 13.9. The first-order valence-corrected chi connectivity index (χ1v) is 15.4. The van der Waals surface area contributed by atoms with Crippen molar-refractivity contribution in [2.45, 2.75) is 95.2 Å². The molecule has 11 heteroatoms. The molecule has 0 spiro atoms. The van der Waals surface area contributed by atoms with E-state index in [1.807, 2.05) is 30.3 Å². The number of Topliss-reactive ketones (excluding diaryl/α,β-unsaturated/α-hetero) is 1. The lowest BCUT2D eigenvalue weighted by molar-refractivity contribution is -0.143. The lowest BCUT2D eigenvalue weighted by atomic mass is 9.84. The zero-order valence-electron chi connectivity index (χ0n) is 24.5. The van der Waals surface area contributed by atoms with Gasteiger partial charge in [-0.2, -0.15) is 0 Å². The SMILES string of the molecule is NCCCC[C@H](NC(=O)[C@@H]1CCCN1C(=O)[C@@H](CC1CCCCC1)NCC(=O)O)C(=O)C(=O)NCCc1ccccc1. The predicted octanol–water partition coefficient (Wildman–Crippen LogP) is 1.53. The molecule has 3 rings (SSSR count). The van der Waals surface area contributed by atoms with Crippen LogP contribution in [0.25, 0.3) is 0 Å². The normalized spacial score (nSPS) is 18.7. The topological polar surface area (TPSA) is 171 Å². The summed E-state index contributed by atoms with van der Waals surface area (Å²) in [6.45, 7) is 0.743. The molecule has 11 nitrogen and oxygen atoms in total. The first-order valence-electron chi connectivity index (χ1n) is 15.4. The number of ketones is 1. The summed E-state index contributed by atoms with van der Waals surface area (Å²) in [5.41, 5.74) is 6.66. The summed E-state index contributed by atoms with van der Waals surface area (Å²) in [5, 5.41) is 17.6. The molecule has 6 N–H and O–H groups in total. The van der Waals surface area contributed by atoms with Gasteiger partial charge in [-0.05, 0) is 63.0 Å². The number of nitrogens with two attached hydrogens (primary N) is 1. The van der Waals surface area contributed by atoms with Gasteiger partial charge < -0.3 is 26.4 Å². The van der Waals surface area contributed by atoms with Crippen molar-refractivity contribution in [1.82, 2.24) is 20.9 Å². The van der Waals surface area contributed by atoms with Crippen LogP contribution in [0.2, 0.25) is 0 Å². The number of hydrogen-bond acceptors (Lipinski definition) is 7. The van der Waals surface area contributed by atoms with E-state index in [1.54, 1.807) is 0 Å². The van der Waals surface area contributed by atoms with Crippen molar-refractivity contribution in [2.24, 2.45) is 11.7 Å². The van der Waals surface area contributed by atoms with Gasteiger partial charge in [-0.25, -0.2) is 0 Å². The third-order valence-corrected chi connectivity index (χ3v) is 8.28. The third-order valence-electron chi connectivity index (χ3n) is 8.28. The number of likely N-dealkylation sites (tertiary alicyclic amines) is 1. The first-order chi connectivity index (χ1) is 20.3. The van der Waals surface area contributed by atoms with E-state index in [9.17, 15) is 29.1 Å². The quantitative estimate of drug-likeness (QED) is 0.135. The smallest absolute Gasteiger partial charge is 0.317 e. The highest BCUT2D eigenvalue weighted by Crippen LogP contribution is 2.29. The minimum Gasteiger partial charge on any atom is -0.480 e. The Morgan fingerprint density at radius 2 is 1.69 bits per heavy atom. The van der Waals surface area contributed by atoms with Crippen LogP contribution in [0.4, 0.5) is 0 Å². The van der Waals surface area contributed by atoms with Crippen LogP contribution in [-0.2, 0) is 30.4 Å². The van der Waals surface area contributed by atoms with Crippen molar-refractivity contribution in [3.05, 3.63) is 35.9 Å². The van der Waals surface area contributed by atoms with Gasteiger partial charge in [-0.1, -0.05) is 62.4 Å². The van der Waals surface area contributed by atoms with Gasteiger partial charge in [-0.3, -0.25) is 29.3 Å². The van der Waals surface area contributed by atoms with Crippen LogP contribution in [0.3, 0.4) is 0 Å². The highest BCUT2D eigenvalue weighted by molar-refractivity contribution is 6.38. The maximum atomic E-state index is 13.7. The summed E-state index contributed by atoms with van der Waals surface area (Å²) in [5.74, 6) is -2.96. The van der Waals surface area contributed by atoms with Gasteiger partial charge in [0.25, 0.3) is 5.91 Å². The monoisotopic (exact) mass is 585 g/mol. The predicted molar refractivity (Wildman–Crippen MR) is 158 cm³/mol. The average molecular weight is 586 g/mol. The van der Waals surface area contributed by atoms with Crippen LogP contribution in [0, 0.1) is 5.92 Å². The number of amides is 3. The summed E-state index contributed by atoms with van der Waals surface area (Å²) >= 11 is 0. The van der Waals surface area contributed by atoms with E-state index in [-0.39, 0.29) is 25.4 Å². The second-order valence-electron chi connectivity index (χ2n) is 11.5. The number of nitrogens with one attached hydrogen (secondary N) is 3. The number of carboxylic acid groups (broad SMARTS) is 1. The van der Waals surface area contributed by atoms with Gasteiger partial charge in [0.15, 0.2) is 0 Å². The van der Waals surface area contributed by atoms with E-state index < -0.39 is 41.7 Å². The summed E-state index contributed by atoms with van der Waals surface area (Å²) in [6.07, 6.45) is 8.97. The Morgan fingerprint density at radius 1 is 0.952 bits per heavy atom. The molecule has 1 saturated heterocycles. The molecule has 0 aromatic heterocycles. The first kappa shape index (κ1) is 33.2. The van der Waals surface area contributed by atoms with Crippen molar-refractivity contribution < 1.29 is 29.1 Å². The summed E-state index contributed by atoms with van der Waals surface area (Å²) in [7, 11) is 0. The summed E-state index contributed by atoms with van der Waals surface area (Å²) < 4.78 is 0. The van der Waals surface area contributed by atoms with Gasteiger partial charge in [0.1, 0.15) is 6.04 Å². The Labute approximate surface area is 248 Å². The highest BCUT2D eigenvalue weighted by atomic mass is 16.4. The van der Waals surface area contributed by atoms with Gasteiger partial charge in [0, 0.05) is 13.1 Å². The molecule has 2 fully saturated rings. The van der Waals surface area contributed by atoms with Crippen molar-refractivity contribution >= 4 is 29.5 Å². The van der Waals surface area contributed by atoms with Crippen molar-refractivity contribution in [1.29, 1.82) is 0 Å². The molecule has 3 atom stereocenters. The van der Waals surface area contributed by atoms with Gasteiger partial charge in [0.2, 0.25) is 17.6 Å². The molecular weight excluding hydrogens is 538 g/mol. The van der Waals surface area contributed by atoms with E-state index in [2.05, 4.69) is 16.0 Å². The number of nitrogens with zero attached hydrogens (tertiary/aromatic N) is 1.